The topological polar surface area (TPSA) is 12.0 Å². The number of hydrogen-bond donors (Lipinski definition) is 1. The highest BCUT2D eigenvalue weighted by Gasteiger charge is 2.34. The molecule has 1 fully saturated rings. The summed E-state index contributed by atoms with van der Waals surface area (Å²) in [4.78, 5) is 0. The summed E-state index contributed by atoms with van der Waals surface area (Å²) in [7, 11) is 0. The minimum Gasteiger partial charge on any atom is -0.317 e. The zero-order valence-corrected chi connectivity index (χ0v) is 6.21. The average Bonchev–Trinajstić information content (AvgIpc) is 2.52. The molecule has 0 aromatic carbocycles. The van der Waals surface area contributed by atoms with Gasteiger partial charge in [-0.1, -0.05) is 12.2 Å². The van der Waals surface area contributed by atoms with Crippen molar-refractivity contribution >= 4 is 12.4 Å². The average molecular weight is 146 g/mol. The lowest BCUT2D eigenvalue weighted by Gasteiger charge is -2.21. The van der Waals surface area contributed by atoms with E-state index in [1.165, 1.54) is 25.9 Å². The summed E-state index contributed by atoms with van der Waals surface area (Å²) in [5.74, 6) is 0. The molecule has 1 aliphatic carbocycles. The van der Waals surface area contributed by atoms with Gasteiger partial charge in [-0.15, -0.1) is 12.4 Å². The lowest BCUT2D eigenvalue weighted by Crippen LogP contribution is -2.29. The van der Waals surface area contributed by atoms with Gasteiger partial charge in [-0.2, -0.15) is 0 Å². The van der Waals surface area contributed by atoms with Gasteiger partial charge in [-0.25, -0.2) is 0 Å². The van der Waals surface area contributed by atoms with E-state index < -0.39 is 0 Å². The van der Waals surface area contributed by atoms with Crippen LogP contribution < -0.4 is 5.32 Å². The van der Waals surface area contributed by atoms with Gasteiger partial charge >= 0.3 is 0 Å². The zero-order chi connectivity index (χ0) is 5.45. The third-order valence-electron chi connectivity index (χ3n) is 2.17. The number of hydrogen-bond acceptors (Lipinski definition) is 1. The number of piperidine rings is 1. The molecule has 1 heterocycles. The molecule has 2 heteroatoms. The minimum atomic E-state index is 0. The summed E-state index contributed by atoms with van der Waals surface area (Å²) in [5, 5.41) is 3.34. The highest BCUT2D eigenvalue weighted by atomic mass is 35.5. The molecule has 1 saturated heterocycles. The van der Waals surface area contributed by atoms with Crippen LogP contribution in [0, 0.1) is 5.41 Å². The first-order chi connectivity index (χ1) is 3.91. The fourth-order valence-corrected chi connectivity index (χ4v) is 1.34. The number of rotatable bonds is 0. The smallest absolute Gasteiger partial charge is 0.00856 e. The van der Waals surface area contributed by atoms with Crippen molar-refractivity contribution in [3.8, 4) is 0 Å². The number of nitrogens with one attached hydrogen (secondary N) is 1. The first kappa shape index (κ1) is 7.10. The van der Waals surface area contributed by atoms with Crippen LogP contribution >= 0.6 is 12.4 Å². The molecule has 1 spiro atoms. The van der Waals surface area contributed by atoms with E-state index in [-0.39, 0.29) is 12.4 Å². The number of allylic oxidation sites excluding steroid dienone is 2. The molecule has 1 aliphatic heterocycles. The summed E-state index contributed by atoms with van der Waals surface area (Å²) in [6.45, 7) is 2.43. The van der Waals surface area contributed by atoms with Gasteiger partial charge in [0, 0.05) is 5.41 Å². The van der Waals surface area contributed by atoms with Gasteiger partial charge in [-0.05, 0) is 25.9 Å². The summed E-state index contributed by atoms with van der Waals surface area (Å²) in [6, 6.07) is 0. The molecule has 0 aromatic heterocycles. The van der Waals surface area contributed by atoms with Crippen LogP contribution in [0.4, 0.5) is 0 Å². The lowest BCUT2D eigenvalue weighted by molar-refractivity contribution is 0.389. The first-order valence-corrected chi connectivity index (χ1v) is 3.32. The van der Waals surface area contributed by atoms with Crippen LogP contribution in [0.5, 0.6) is 0 Å². The zero-order valence-electron chi connectivity index (χ0n) is 5.39. The van der Waals surface area contributed by atoms with E-state index in [4.69, 9.17) is 0 Å². The van der Waals surface area contributed by atoms with Crippen molar-refractivity contribution in [2.24, 2.45) is 5.41 Å². The van der Waals surface area contributed by atoms with Crippen LogP contribution in [-0.4, -0.2) is 13.1 Å². The van der Waals surface area contributed by atoms with Gasteiger partial charge in [0.05, 0.1) is 0 Å². The molecule has 0 radical (unpaired) electrons. The Hall–Kier alpha value is -0.0100. The largest absolute Gasteiger partial charge is 0.317 e. The number of halogens is 1. The molecule has 0 atom stereocenters. The Morgan fingerprint density at radius 3 is 2.00 bits per heavy atom. The fraction of sp³-hybridized carbons (Fsp3) is 0.714. The second kappa shape index (κ2) is 2.31. The van der Waals surface area contributed by atoms with E-state index in [0.717, 1.165) is 0 Å². The Kier molecular flexibility index (Phi) is 1.83. The predicted octanol–water partition coefficient (Wildman–Crippen LogP) is 1.35. The van der Waals surface area contributed by atoms with Crippen molar-refractivity contribution in [2.45, 2.75) is 12.8 Å². The summed E-state index contributed by atoms with van der Waals surface area (Å²) in [5.41, 5.74) is 0.616. The van der Waals surface area contributed by atoms with Gasteiger partial charge < -0.3 is 5.32 Å². The van der Waals surface area contributed by atoms with Gasteiger partial charge in [0.15, 0.2) is 0 Å². The quantitative estimate of drug-likeness (QED) is 0.508. The van der Waals surface area contributed by atoms with Crippen molar-refractivity contribution < 1.29 is 0 Å². The van der Waals surface area contributed by atoms with E-state index >= 15 is 0 Å². The van der Waals surface area contributed by atoms with Crippen molar-refractivity contribution in [3.05, 3.63) is 12.2 Å². The normalized spacial score (nSPS) is 27.6. The van der Waals surface area contributed by atoms with Crippen molar-refractivity contribution in [1.82, 2.24) is 5.32 Å². The molecule has 0 saturated carbocycles. The summed E-state index contributed by atoms with van der Waals surface area (Å²) in [6.07, 6.45) is 7.36. The molecule has 1 N–H and O–H groups in total. The van der Waals surface area contributed by atoms with E-state index in [9.17, 15) is 0 Å². The molecule has 2 aliphatic rings. The molecule has 0 amide bonds. The SMILES string of the molecule is C1=CC12CCNCC2.Cl. The molecule has 0 unspecified atom stereocenters. The maximum absolute atomic E-state index is 3.34. The maximum atomic E-state index is 3.34. The molecular weight excluding hydrogens is 134 g/mol. The van der Waals surface area contributed by atoms with Gasteiger partial charge in [-0.3, -0.25) is 0 Å². The maximum Gasteiger partial charge on any atom is 0.00856 e. The first-order valence-electron chi connectivity index (χ1n) is 3.32. The van der Waals surface area contributed by atoms with Crippen molar-refractivity contribution in [1.29, 1.82) is 0 Å². The van der Waals surface area contributed by atoms with Crippen LogP contribution in [-0.2, 0) is 0 Å². The van der Waals surface area contributed by atoms with Crippen LogP contribution in [0.15, 0.2) is 12.2 Å². The Morgan fingerprint density at radius 2 is 1.67 bits per heavy atom. The van der Waals surface area contributed by atoms with Crippen LogP contribution in [0.1, 0.15) is 12.8 Å². The lowest BCUT2D eigenvalue weighted by atomic mass is 9.93. The highest BCUT2D eigenvalue weighted by Crippen LogP contribution is 2.42. The van der Waals surface area contributed by atoms with Crippen LogP contribution in [0.3, 0.4) is 0 Å². The third kappa shape index (κ3) is 1.28. The Balaban J connectivity index is 0.000000405. The molecular formula is C7H12ClN. The van der Waals surface area contributed by atoms with Crippen LogP contribution in [0.2, 0.25) is 0 Å². The Morgan fingerprint density at radius 1 is 1.11 bits per heavy atom. The van der Waals surface area contributed by atoms with E-state index in [2.05, 4.69) is 17.5 Å². The van der Waals surface area contributed by atoms with Crippen molar-refractivity contribution in [2.75, 3.05) is 13.1 Å². The van der Waals surface area contributed by atoms with Gasteiger partial charge in [0.25, 0.3) is 0 Å². The monoisotopic (exact) mass is 145 g/mol. The molecule has 2 rings (SSSR count). The highest BCUT2D eigenvalue weighted by molar-refractivity contribution is 5.85. The van der Waals surface area contributed by atoms with E-state index in [1.54, 1.807) is 0 Å². The molecule has 9 heavy (non-hydrogen) atoms. The Labute approximate surface area is 61.9 Å². The summed E-state index contributed by atoms with van der Waals surface area (Å²) < 4.78 is 0. The van der Waals surface area contributed by atoms with Crippen LogP contribution in [0.25, 0.3) is 0 Å². The Bertz CT molecular complexity index is 117. The van der Waals surface area contributed by atoms with Gasteiger partial charge in [0.1, 0.15) is 0 Å². The second-order valence-electron chi connectivity index (χ2n) is 2.82. The minimum absolute atomic E-state index is 0. The third-order valence-corrected chi connectivity index (χ3v) is 2.17. The second-order valence-corrected chi connectivity index (χ2v) is 2.82. The van der Waals surface area contributed by atoms with E-state index in [0.29, 0.717) is 5.41 Å². The van der Waals surface area contributed by atoms with E-state index in [1.807, 2.05) is 0 Å². The fourth-order valence-electron chi connectivity index (χ4n) is 1.34. The molecule has 0 bridgehead atoms. The van der Waals surface area contributed by atoms with Gasteiger partial charge in [0.2, 0.25) is 0 Å². The molecule has 1 nitrogen and oxygen atoms in total. The molecule has 0 aromatic rings. The van der Waals surface area contributed by atoms with Crippen molar-refractivity contribution in [3.63, 3.8) is 0 Å². The molecule has 52 valence electrons. The summed E-state index contributed by atoms with van der Waals surface area (Å²) >= 11 is 0. The standard InChI is InChI=1S/C7H11N.ClH/c1-2-7(1)3-5-8-6-4-7;/h1-2,8H,3-6H2;1H. The predicted molar refractivity (Wildman–Crippen MR) is 40.9 cm³/mol.